The van der Waals surface area contributed by atoms with E-state index < -0.39 is 0 Å². The van der Waals surface area contributed by atoms with Crippen molar-refractivity contribution >= 4 is 5.91 Å². The summed E-state index contributed by atoms with van der Waals surface area (Å²) in [5.41, 5.74) is 0.261. The molecule has 1 atom stereocenters. The van der Waals surface area contributed by atoms with E-state index in [-0.39, 0.29) is 17.4 Å². The molecular formula is C11H22N2O. The van der Waals surface area contributed by atoms with E-state index in [9.17, 15) is 4.79 Å². The van der Waals surface area contributed by atoms with Gasteiger partial charge in [0.15, 0.2) is 0 Å². The summed E-state index contributed by atoms with van der Waals surface area (Å²) in [4.78, 5) is 13.9. The van der Waals surface area contributed by atoms with Crippen LogP contribution >= 0.6 is 0 Å². The third-order valence-corrected chi connectivity index (χ3v) is 3.07. The number of hydrogen-bond acceptors (Lipinski definition) is 2. The topological polar surface area (TPSA) is 32.3 Å². The van der Waals surface area contributed by atoms with Crippen LogP contribution in [0.25, 0.3) is 0 Å². The van der Waals surface area contributed by atoms with Gasteiger partial charge in [0.05, 0.1) is 6.04 Å². The van der Waals surface area contributed by atoms with Crippen LogP contribution < -0.4 is 5.32 Å². The highest BCUT2D eigenvalue weighted by Gasteiger charge is 2.32. The van der Waals surface area contributed by atoms with Gasteiger partial charge >= 0.3 is 0 Å². The van der Waals surface area contributed by atoms with E-state index >= 15 is 0 Å². The van der Waals surface area contributed by atoms with Gasteiger partial charge in [0.1, 0.15) is 0 Å². The van der Waals surface area contributed by atoms with Crippen LogP contribution in [0.15, 0.2) is 0 Å². The highest BCUT2D eigenvalue weighted by atomic mass is 16.2. The molecule has 1 rings (SSSR count). The second-order valence-corrected chi connectivity index (χ2v) is 4.90. The molecule has 0 spiro atoms. The van der Waals surface area contributed by atoms with Crippen LogP contribution in [-0.4, -0.2) is 37.0 Å². The maximum Gasteiger partial charge on any atom is 0.239 e. The Morgan fingerprint density at radius 1 is 1.57 bits per heavy atom. The van der Waals surface area contributed by atoms with Gasteiger partial charge in [-0.15, -0.1) is 0 Å². The Morgan fingerprint density at radius 3 is 2.71 bits per heavy atom. The monoisotopic (exact) mass is 198 g/mol. The number of carbonyl (C=O) groups excluding carboxylic acids is 1. The Bertz CT molecular complexity index is 213. The number of likely N-dealkylation sites (N-methyl/N-ethyl adjacent to an activating group) is 2. The summed E-state index contributed by atoms with van der Waals surface area (Å²) in [6.07, 6.45) is 2.07. The van der Waals surface area contributed by atoms with Gasteiger partial charge in [-0.1, -0.05) is 13.8 Å². The lowest BCUT2D eigenvalue weighted by molar-refractivity contribution is -0.133. The summed E-state index contributed by atoms with van der Waals surface area (Å²) in [6, 6.07) is 0.0247. The molecular weight excluding hydrogens is 176 g/mol. The van der Waals surface area contributed by atoms with Crippen LogP contribution in [0.4, 0.5) is 0 Å². The van der Waals surface area contributed by atoms with Crippen LogP contribution in [0.3, 0.4) is 0 Å². The summed E-state index contributed by atoms with van der Waals surface area (Å²) in [5.74, 6) is 0.264. The Balaban J connectivity index is 2.78. The first-order valence-corrected chi connectivity index (χ1v) is 5.46. The first kappa shape index (κ1) is 11.5. The molecule has 82 valence electrons. The fourth-order valence-corrected chi connectivity index (χ4v) is 2.09. The van der Waals surface area contributed by atoms with Crippen molar-refractivity contribution in [1.29, 1.82) is 0 Å². The van der Waals surface area contributed by atoms with E-state index in [1.54, 1.807) is 0 Å². The predicted molar refractivity (Wildman–Crippen MR) is 58.1 cm³/mol. The van der Waals surface area contributed by atoms with Crippen molar-refractivity contribution in [3.8, 4) is 0 Å². The lowest BCUT2D eigenvalue weighted by atomic mass is 9.87. The molecule has 1 N–H and O–H groups in total. The number of rotatable bonds is 2. The molecule has 1 heterocycles. The van der Waals surface area contributed by atoms with Crippen molar-refractivity contribution in [3.05, 3.63) is 0 Å². The molecule has 3 nitrogen and oxygen atoms in total. The summed E-state index contributed by atoms with van der Waals surface area (Å²) >= 11 is 0. The standard InChI is InChI=1S/C11H22N2O/c1-5-13-8-11(2,3)7-6-9(12-4)10(13)14/h9,12H,5-8H2,1-4H3. The zero-order valence-electron chi connectivity index (χ0n) is 9.76. The zero-order valence-corrected chi connectivity index (χ0v) is 9.76. The van der Waals surface area contributed by atoms with Gasteiger partial charge in [-0.3, -0.25) is 4.79 Å². The molecule has 0 saturated carbocycles. The summed E-state index contributed by atoms with van der Waals surface area (Å²) < 4.78 is 0. The molecule has 1 aliphatic heterocycles. The van der Waals surface area contributed by atoms with Gasteiger partial charge < -0.3 is 10.2 Å². The van der Waals surface area contributed by atoms with Gasteiger partial charge in [-0.05, 0) is 32.2 Å². The minimum atomic E-state index is 0.0247. The van der Waals surface area contributed by atoms with Crippen molar-refractivity contribution < 1.29 is 4.79 Å². The second-order valence-electron chi connectivity index (χ2n) is 4.90. The normalized spacial score (nSPS) is 27.6. The Hall–Kier alpha value is -0.570. The molecule has 0 radical (unpaired) electrons. The predicted octanol–water partition coefficient (Wildman–Crippen LogP) is 1.24. The fourth-order valence-electron chi connectivity index (χ4n) is 2.09. The zero-order chi connectivity index (χ0) is 10.8. The van der Waals surface area contributed by atoms with E-state index in [0.29, 0.717) is 0 Å². The van der Waals surface area contributed by atoms with E-state index in [1.165, 1.54) is 0 Å². The molecule has 3 heteroatoms. The number of nitrogens with zero attached hydrogens (tertiary/aromatic N) is 1. The number of carbonyl (C=O) groups is 1. The van der Waals surface area contributed by atoms with Gasteiger partial charge in [0.25, 0.3) is 0 Å². The first-order chi connectivity index (χ1) is 6.50. The third-order valence-electron chi connectivity index (χ3n) is 3.07. The van der Waals surface area contributed by atoms with Crippen LogP contribution in [0, 0.1) is 5.41 Å². The van der Waals surface area contributed by atoms with Gasteiger partial charge in [0.2, 0.25) is 5.91 Å². The molecule has 1 saturated heterocycles. The average Bonchev–Trinajstić information content (AvgIpc) is 2.24. The molecule has 1 aliphatic rings. The minimum Gasteiger partial charge on any atom is -0.341 e. The molecule has 1 fully saturated rings. The van der Waals surface area contributed by atoms with Gasteiger partial charge in [-0.2, -0.15) is 0 Å². The lowest BCUT2D eigenvalue weighted by Gasteiger charge is -2.28. The van der Waals surface area contributed by atoms with Gasteiger partial charge in [-0.25, -0.2) is 0 Å². The van der Waals surface area contributed by atoms with Crippen molar-refractivity contribution in [2.75, 3.05) is 20.1 Å². The summed E-state index contributed by atoms with van der Waals surface area (Å²) in [5, 5.41) is 3.10. The highest BCUT2D eigenvalue weighted by Crippen LogP contribution is 2.28. The van der Waals surface area contributed by atoms with Crippen LogP contribution in [0.2, 0.25) is 0 Å². The molecule has 14 heavy (non-hydrogen) atoms. The summed E-state index contributed by atoms with van der Waals surface area (Å²) in [7, 11) is 1.87. The van der Waals surface area contributed by atoms with Crippen LogP contribution in [-0.2, 0) is 4.79 Å². The minimum absolute atomic E-state index is 0.0247. The third kappa shape index (κ3) is 2.47. The Kier molecular flexibility index (Phi) is 3.53. The average molecular weight is 198 g/mol. The van der Waals surface area contributed by atoms with E-state index in [0.717, 1.165) is 25.9 Å². The number of hydrogen-bond donors (Lipinski definition) is 1. The van der Waals surface area contributed by atoms with Crippen molar-refractivity contribution in [2.24, 2.45) is 5.41 Å². The quantitative estimate of drug-likeness (QED) is 0.724. The molecule has 0 bridgehead atoms. The molecule has 1 amide bonds. The van der Waals surface area contributed by atoms with Crippen LogP contribution in [0.1, 0.15) is 33.6 Å². The number of likely N-dealkylation sites (tertiary alicyclic amines) is 1. The van der Waals surface area contributed by atoms with Gasteiger partial charge in [0, 0.05) is 13.1 Å². The SMILES string of the molecule is CCN1CC(C)(C)CCC(NC)C1=O. The second kappa shape index (κ2) is 4.30. The maximum absolute atomic E-state index is 12.0. The number of amides is 1. The first-order valence-electron chi connectivity index (χ1n) is 5.46. The molecule has 0 aromatic heterocycles. The highest BCUT2D eigenvalue weighted by molar-refractivity contribution is 5.82. The van der Waals surface area contributed by atoms with Crippen LogP contribution in [0.5, 0.6) is 0 Å². The largest absolute Gasteiger partial charge is 0.341 e. The van der Waals surface area contributed by atoms with Crippen molar-refractivity contribution in [1.82, 2.24) is 10.2 Å². The molecule has 0 aliphatic carbocycles. The molecule has 0 aromatic carbocycles. The number of nitrogens with one attached hydrogen (secondary N) is 1. The Labute approximate surface area is 86.9 Å². The fraction of sp³-hybridized carbons (Fsp3) is 0.909. The van der Waals surface area contributed by atoms with E-state index in [1.807, 2.05) is 18.9 Å². The molecule has 1 unspecified atom stereocenters. The van der Waals surface area contributed by atoms with E-state index in [4.69, 9.17) is 0 Å². The summed E-state index contributed by atoms with van der Waals surface area (Å²) in [6.45, 7) is 8.23. The van der Waals surface area contributed by atoms with E-state index in [2.05, 4.69) is 19.2 Å². The smallest absolute Gasteiger partial charge is 0.239 e. The lowest BCUT2D eigenvalue weighted by Crippen LogP contribution is -2.44. The van der Waals surface area contributed by atoms with Crippen molar-refractivity contribution in [3.63, 3.8) is 0 Å². The maximum atomic E-state index is 12.0. The van der Waals surface area contributed by atoms with Crippen molar-refractivity contribution in [2.45, 2.75) is 39.7 Å². The Morgan fingerprint density at radius 2 is 2.21 bits per heavy atom. The molecule has 0 aromatic rings.